The number of hydrogen-bond donors (Lipinski definition) is 3. The summed E-state index contributed by atoms with van der Waals surface area (Å²) in [6.07, 6.45) is 0.811. The fraction of sp³-hybridized carbons (Fsp3) is 0.567. The second-order valence-corrected chi connectivity index (χ2v) is 12.0. The molecule has 2 heterocycles. The Bertz CT molecular complexity index is 1240. The lowest BCUT2D eigenvalue weighted by Crippen LogP contribution is -2.51. The van der Waals surface area contributed by atoms with Gasteiger partial charge in [-0.05, 0) is 82.7 Å². The van der Waals surface area contributed by atoms with Crippen LogP contribution in [0.5, 0.6) is 0 Å². The minimum absolute atomic E-state index is 0.118. The highest BCUT2D eigenvalue weighted by Gasteiger charge is 2.32. The summed E-state index contributed by atoms with van der Waals surface area (Å²) in [7, 11) is 0. The number of benzene rings is 1. The molecule has 1 aromatic carbocycles. The fourth-order valence-electron chi connectivity index (χ4n) is 4.92. The number of alkyl halides is 3. The average molecular weight is 625 g/mol. The lowest BCUT2D eigenvalue weighted by atomic mass is 9.95. The molecule has 0 spiro atoms. The number of carboxylic acids is 1. The van der Waals surface area contributed by atoms with Gasteiger partial charge in [-0.1, -0.05) is 6.08 Å². The summed E-state index contributed by atoms with van der Waals surface area (Å²) in [5.74, 6) is -3.53. The highest BCUT2D eigenvalue weighted by molar-refractivity contribution is 5.96. The van der Waals surface area contributed by atoms with Gasteiger partial charge in [-0.3, -0.25) is 14.4 Å². The molecule has 44 heavy (non-hydrogen) atoms. The van der Waals surface area contributed by atoms with Crippen molar-refractivity contribution in [3.05, 3.63) is 47.5 Å². The third kappa shape index (κ3) is 10.3. The van der Waals surface area contributed by atoms with E-state index in [9.17, 15) is 42.3 Å². The van der Waals surface area contributed by atoms with Crippen molar-refractivity contribution in [3.63, 3.8) is 0 Å². The number of piperidine rings is 2. The molecule has 4 amide bonds. The van der Waals surface area contributed by atoms with Gasteiger partial charge in [-0.15, -0.1) is 0 Å². The van der Waals surface area contributed by atoms with E-state index in [-0.39, 0.29) is 30.0 Å². The van der Waals surface area contributed by atoms with E-state index in [1.807, 2.05) is 26.8 Å². The summed E-state index contributed by atoms with van der Waals surface area (Å²) >= 11 is 0. The first kappa shape index (κ1) is 34.4. The first-order chi connectivity index (χ1) is 20.5. The molecule has 1 aromatic rings. The molecule has 2 atom stereocenters. The smallest absolute Gasteiger partial charge is 0.416 e. The number of carbonyl (C=O) groups is 5. The number of nitrogens with one attached hydrogen (secondary N) is 2. The summed E-state index contributed by atoms with van der Waals surface area (Å²) in [4.78, 5) is 65.3. The topological polar surface area (TPSA) is 145 Å². The Morgan fingerprint density at radius 2 is 1.64 bits per heavy atom. The molecule has 1 unspecified atom stereocenters. The number of halogens is 3. The van der Waals surface area contributed by atoms with Crippen LogP contribution >= 0.6 is 0 Å². The largest absolute Gasteiger partial charge is 0.480 e. The second-order valence-electron chi connectivity index (χ2n) is 12.0. The van der Waals surface area contributed by atoms with Crippen LogP contribution in [0.1, 0.15) is 62.4 Å². The molecule has 0 saturated carbocycles. The van der Waals surface area contributed by atoms with Gasteiger partial charge in [-0.2, -0.15) is 13.2 Å². The van der Waals surface area contributed by atoms with Crippen LogP contribution in [-0.2, 0) is 25.3 Å². The van der Waals surface area contributed by atoms with Crippen LogP contribution in [0.4, 0.5) is 18.0 Å². The maximum Gasteiger partial charge on any atom is 0.416 e. The summed E-state index contributed by atoms with van der Waals surface area (Å²) in [6, 6.07) is 1.77. The van der Waals surface area contributed by atoms with E-state index < -0.39 is 53.6 Å². The van der Waals surface area contributed by atoms with Gasteiger partial charge in [0.1, 0.15) is 11.6 Å². The van der Waals surface area contributed by atoms with Gasteiger partial charge in [0.2, 0.25) is 11.8 Å². The van der Waals surface area contributed by atoms with Crippen molar-refractivity contribution in [1.29, 1.82) is 0 Å². The monoisotopic (exact) mass is 624 g/mol. The molecular weight excluding hydrogens is 585 g/mol. The van der Waals surface area contributed by atoms with Crippen LogP contribution in [0.3, 0.4) is 0 Å². The minimum atomic E-state index is -4.58. The third-order valence-electron chi connectivity index (χ3n) is 7.36. The van der Waals surface area contributed by atoms with Crippen LogP contribution in [0.15, 0.2) is 36.4 Å². The number of rotatable bonds is 8. The first-order valence-electron chi connectivity index (χ1n) is 14.5. The number of amides is 4. The summed E-state index contributed by atoms with van der Waals surface area (Å²) < 4.78 is 43.7. The summed E-state index contributed by atoms with van der Waals surface area (Å²) in [5, 5.41) is 14.2. The molecule has 2 aliphatic heterocycles. The molecule has 0 aromatic heterocycles. The van der Waals surface area contributed by atoms with Crippen molar-refractivity contribution in [3.8, 4) is 0 Å². The van der Waals surface area contributed by atoms with Crippen molar-refractivity contribution in [2.24, 2.45) is 11.8 Å². The van der Waals surface area contributed by atoms with E-state index in [0.29, 0.717) is 57.5 Å². The Labute approximate surface area is 253 Å². The van der Waals surface area contributed by atoms with Gasteiger partial charge < -0.3 is 30.3 Å². The number of aliphatic carboxylic acids is 1. The molecule has 2 saturated heterocycles. The van der Waals surface area contributed by atoms with Crippen molar-refractivity contribution in [2.75, 3.05) is 32.7 Å². The lowest BCUT2D eigenvalue weighted by Gasteiger charge is -2.33. The Morgan fingerprint density at radius 3 is 2.20 bits per heavy atom. The SMILES string of the molecule is CC(C)(C)OC(=O)N1CCC(/C=C/C(=O)N2CCC[C@@H](C(=O)NCC(NC(=O)c3ccc(C(F)(F)F)cc3)C(=O)O)C2)CC1. The predicted octanol–water partition coefficient (Wildman–Crippen LogP) is 3.45. The molecule has 2 fully saturated rings. The summed E-state index contributed by atoms with van der Waals surface area (Å²) in [5.41, 5.74) is -1.69. The molecule has 0 radical (unpaired) electrons. The van der Waals surface area contributed by atoms with Crippen LogP contribution in [0.25, 0.3) is 0 Å². The number of likely N-dealkylation sites (tertiary alicyclic amines) is 2. The zero-order chi connectivity index (χ0) is 32.7. The molecule has 11 nitrogen and oxygen atoms in total. The average Bonchev–Trinajstić information content (AvgIpc) is 2.96. The Balaban J connectivity index is 1.46. The zero-order valence-corrected chi connectivity index (χ0v) is 25.0. The fourth-order valence-corrected chi connectivity index (χ4v) is 4.92. The van der Waals surface area contributed by atoms with E-state index >= 15 is 0 Å². The number of allylic oxidation sites excluding steroid dienone is 1. The van der Waals surface area contributed by atoms with Gasteiger partial charge in [-0.25, -0.2) is 9.59 Å². The highest BCUT2D eigenvalue weighted by atomic mass is 19.4. The van der Waals surface area contributed by atoms with E-state index in [1.54, 1.807) is 9.80 Å². The zero-order valence-electron chi connectivity index (χ0n) is 25.0. The van der Waals surface area contributed by atoms with Crippen molar-refractivity contribution >= 4 is 29.8 Å². The van der Waals surface area contributed by atoms with Crippen molar-refractivity contribution in [1.82, 2.24) is 20.4 Å². The van der Waals surface area contributed by atoms with Crippen LogP contribution in [-0.4, -0.2) is 89.1 Å². The van der Waals surface area contributed by atoms with Gasteiger partial charge in [0.05, 0.1) is 11.5 Å². The predicted molar refractivity (Wildman–Crippen MR) is 152 cm³/mol. The number of carbonyl (C=O) groups excluding carboxylic acids is 4. The summed E-state index contributed by atoms with van der Waals surface area (Å²) in [6.45, 7) is 6.62. The van der Waals surface area contributed by atoms with Crippen LogP contribution in [0.2, 0.25) is 0 Å². The number of carboxylic acid groups (broad SMARTS) is 1. The van der Waals surface area contributed by atoms with E-state index in [0.717, 1.165) is 12.1 Å². The van der Waals surface area contributed by atoms with Crippen molar-refractivity contribution < 1.29 is 47.0 Å². The Hall–Kier alpha value is -4.10. The Kier molecular flexibility index (Phi) is 11.4. The molecule has 0 bridgehead atoms. The Morgan fingerprint density at radius 1 is 1.00 bits per heavy atom. The quantitative estimate of drug-likeness (QED) is 0.376. The maximum atomic E-state index is 12.9. The van der Waals surface area contributed by atoms with Gasteiger partial charge in [0, 0.05) is 38.3 Å². The van der Waals surface area contributed by atoms with E-state index in [2.05, 4.69) is 10.6 Å². The number of nitrogens with zero attached hydrogens (tertiary/aromatic N) is 2. The van der Waals surface area contributed by atoms with E-state index in [4.69, 9.17) is 4.74 Å². The van der Waals surface area contributed by atoms with Crippen LogP contribution < -0.4 is 10.6 Å². The standard InChI is InChI=1S/C30H39F3N4O7/c1-29(2,3)44-28(43)36-15-12-19(13-16-36)6-11-24(38)37-14-4-5-21(18-37)25(39)34-17-23(27(41)42)35-26(40)20-7-9-22(10-8-20)30(31,32)33/h6-11,19,21,23H,4-5,12-18H2,1-3H3,(H,34,39)(H,35,40)(H,41,42)/b11-6+/t21-,23?/m1/s1. The third-order valence-corrected chi connectivity index (χ3v) is 7.36. The first-order valence-corrected chi connectivity index (χ1v) is 14.5. The van der Waals surface area contributed by atoms with E-state index in [1.165, 1.54) is 6.08 Å². The van der Waals surface area contributed by atoms with Gasteiger partial charge in [0.25, 0.3) is 5.91 Å². The normalized spacial score (nSPS) is 18.9. The maximum absolute atomic E-state index is 12.9. The molecule has 2 aliphatic rings. The second kappa shape index (κ2) is 14.6. The lowest BCUT2D eigenvalue weighted by molar-refractivity contribution is -0.139. The van der Waals surface area contributed by atoms with Crippen LogP contribution in [0, 0.1) is 11.8 Å². The van der Waals surface area contributed by atoms with Gasteiger partial charge >= 0.3 is 18.2 Å². The molecular formula is C30H39F3N4O7. The number of hydrogen-bond acceptors (Lipinski definition) is 6. The number of ether oxygens (including phenoxy) is 1. The highest BCUT2D eigenvalue weighted by Crippen LogP contribution is 2.29. The van der Waals surface area contributed by atoms with Crippen molar-refractivity contribution in [2.45, 2.75) is 64.3 Å². The molecule has 3 N–H and O–H groups in total. The molecule has 3 rings (SSSR count). The molecule has 242 valence electrons. The minimum Gasteiger partial charge on any atom is -0.480 e. The molecule has 0 aliphatic carbocycles. The van der Waals surface area contributed by atoms with Gasteiger partial charge in [0.15, 0.2) is 0 Å². The molecule has 14 heteroatoms.